The van der Waals surface area contributed by atoms with E-state index in [0.717, 1.165) is 12.6 Å². The topological polar surface area (TPSA) is 28.2 Å². The minimum Gasteiger partial charge on any atom is -0.310 e. The maximum Gasteiger partial charge on any atom is 0.0544 e. The van der Waals surface area contributed by atoms with Gasteiger partial charge in [-0.2, -0.15) is 0 Å². The number of nitrogens with zero attached hydrogens (tertiary/aromatic N) is 2. The van der Waals surface area contributed by atoms with Gasteiger partial charge in [-0.15, -0.1) is 12.4 Å². The molecule has 0 saturated carbocycles. The molecule has 2 bridgehead atoms. The van der Waals surface area contributed by atoms with Crippen LogP contribution in [0.3, 0.4) is 0 Å². The second-order valence-corrected chi connectivity index (χ2v) is 5.49. The first-order chi connectivity index (χ1) is 8.29. The van der Waals surface area contributed by atoms with Crippen LogP contribution < -0.4 is 5.32 Å². The molecule has 2 atom stereocenters. The summed E-state index contributed by atoms with van der Waals surface area (Å²) in [7, 11) is 0. The van der Waals surface area contributed by atoms with Crippen LogP contribution in [0, 0.1) is 6.92 Å². The summed E-state index contributed by atoms with van der Waals surface area (Å²) in [6.45, 7) is 5.49. The van der Waals surface area contributed by atoms with E-state index in [9.17, 15) is 0 Å². The molecule has 1 N–H and O–H groups in total. The summed E-state index contributed by atoms with van der Waals surface area (Å²) in [4.78, 5) is 7.05. The van der Waals surface area contributed by atoms with Crippen LogP contribution >= 0.6 is 12.4 Å². The zero-order chi connectivity index (χ0) is 11.7. The van der Waals surface area contributed by atoms with E-state index in [0.29, 0.717) is 6.04 Å². The molecule has 2 saturated heterocycles. The summed E-state index contributed by atoms with van der Waals surface area (Å²) in [5.74, 6) is 0. The Labute approximate surface area is 115 Å². The lowest BCUT2D eigenvalue weighted by Gasteiger charge is -2.23. The van der Waals surface area contributed by atoms with E-state index < -0.39 is 0 Å². The Hall–Kier alpha value is -0.640. The molecular weight excluding hydrogens is 246 g/mol. The normalized spacial score (nSPS) is 27.6. The summed E-state index contributed by atoms with van der Waals surface area (Å²) in [5.41, 5.74) is 2.44. The van der Waals surface area contributed by atoms with Gasteiger partial charge in [0.2, 0.25) is 0 Å². The highest BCUT2D eigenvalue weighted by Crippen LogP contribution is 2.21. The third-order valence-corrected chi connectivity index (χ3v) is 3.97. The maximum absolute atomic E-state index is 4.50. The second kappa shape index (κ2) is 6.00. The number of halogens is 1. The fourth-order valence-electron chi connectivity index (χ4n) is 2.98. The molecule has 0 aromatic carbocycles. The van der Waals surface area contributed by atoms with Gasteiger partial charge in [-0.25, -0.2) is 0 Å². The van der Waals surface area contributed by atoms with Crippen LogP contribution in [0.15, 0.2) is 18.3 Å². The smallest absolute Gasteiger partial charge is 0.0544 e. The number of aromatic nitrogens is 1. The number of pyridine rings is 1. The average molecular weight is 268 g/mol. The molecule has 3 rings (SSSR count). The molecule has 2 aliphatic rings. The van der Waals surface area contributed by atoms with Crippen molar-refractivity contribution >= 4 is 12.4 Å². The third kappa shape index (κ3) is 3.22. The predicted molar refractivity (Wildman–Crippen MR) is 76.1 cm³/mol. The molecule has 2 fully saturated rings. The van der Waals surface area contributed by atoms with Crippen molar-refractivity contribution in [3.63, 3.8) is 0 Å². The number of fused-ring (bicyclic) bond motifs is 2. The minimum absolute atomic E-state index is 0. The van der Waals surface area contributed by atoms with E-state index in [2.05, 4.69) is 34.3 Å². The Morgan fingerprint density at radius 3 is 2.89 bits per heavy atom. The highest BCUT2D eigenvalue weighted by atomic mass is 35.5. The number of hydrogen-bond acceptors (Lipinski definition) is 3. The predicted octanol–water partition coefficient (Wildman–Crippen LogP) is 2.14. The highest BCUT2D eigenvalue weighted by Gasteiger charge is 2.29. The lowest BCUT2D eigenvalue weighted by Crippen LogP contribution is -2.35. The molecule has 0 spiro atoms. The number of aryl methyl sites for hydroxylation is 1. The van der Waals surface area contributed by atoms with E-state index in [1.54, 1.807) is 0 Å². The summed E-state index contributed by atoms with van der Waals surface area (Å²) in [6.07, 6.45) is 5.99. The van der Waals surface area contributed by atoms with Gasteiger partial charge in [-0.1, -0.05) is 6.07 Å². The Morgan fingerprint density at radius 1 is 1.28 bits per heavy atom. The van der Waals surface area contributed by atoms with E-state index in [1.165, 1.54) is 43.6 Å². The molecule has 2 aliphatic heterocycles. The van der Waals surface area contributed by atoms with Gasteiger partial charge in [0.25, 0.3) is 0 Å². The van der Waals surface area contributed by atoms with Crippen molar-refractivity contribution in [2.45, 2.75) is 44.8 Å². The van der Waals surface area contributed by atoms with Gasteiger partial charge in [0, 0.05) is 37.9 Å². The van der Waals surface area contributed by atoms with E-state index in [1.807, 2.05) is 6.20 Å². The van der Waals surface area contributed by atoms with Crippen molar-refractivity contribution in [2.75, 3.05) is 13.1 Å². The van der Waals surface area contributed by atoms with Crippen LogP contribution in [0.4, 0.5) is 0 Å². The van der Waals surface area contributed by atoms with E-state index in [4.69, 9.17) is 0 Å². The SMILES string of the molecule is Cc1ccc(CN2CCC3CCC(C2)N3)nc1.Cl. The minimum atomic E-state index is 0. The van der Waals surface area contributed by atoms with Crippen molar-refractivity contribution in [3.05, 3.63) is 29.6 Å². The van der Waals surface area contributed by atoms with Gasteiger partial charge in [-0.05, 0) is 37.8 Å². The molecule has 1 aromatic heterocycles. The summed E-state index contributed by atoms with van der Waals surface area (Å²) in [6, 6.07) is 5.81. The summed E-state index contributed by atoms with van der Waals surface area (Å²) < 4.78 is 0. The van der Waals surface area contributed by atoms with Crippen LogP contribution in [0.25, 0.3) is 0 Å². The van der Waals surface area contributed by atoms with Gasteiger partial charge in [-0.3, -0.25) is 9.88 Å². The van der Waals surface area contributed by atoms with E-state index >= 15 is 0 Å². The van der Waals surface area contributed by atoms with Crippen LogP contribution in [-0.2, 0) is 6.54 Å². The number of likely N-dealkylation sites (tertiary alicyclic amines) is 1. The van der Waals surface area contributed by atoms with Gasteiger partial charge in [0.15, 0.2) is 0 Å². The monoisotopic (exact) mass is 267 g/mol. The first-order valence-electron chi connectivity index (χ1n) is 6.69. The van der Waals surface area contributed by atoms with Gasteiger partial charge < -0.3 is 5.32 Å². The average Bonchev–Trinajstić information content (AvgIpc) is 2.66. The molecule has 2 unspecified atom stereocenters. The van der Waals surface area contributed by atoms with Crippen molar-refractivity contribution < 1.29 is 0 Å². The largest absolute Gasteiger partial charge is 0.310 e. The van der Waals surface area contributed by atoms with Crippen LogP contribution in [0.5, 0.6) is 0 Å². The summed E-state index contributed by atoms with van der Waals surface area (Å²) in [5, 5.41) is 3.72. The van der Waals surface area contributed by atoms with Crippen molar-refractivity contribution in [2.24, 2.45) is 0 Å². The molecule has 4 heteroatoms. The third-order valence-electron chi connectivity index (χ3n) is 3.97. The van der Waals surface area contributed by atoms with Crippen LogP contribution in [-0.4, -0.2) is 35.1 Å². The molecule has 1 aromatic rings. The van der Waals surface area contributed by atoms with Crippen LogP contribution in [0.1, 0.15) is 30.5 Å². The number of hydrogen-bond donors (Lipinski definition) is 1. The van der Waals surface area contributed by atoms with E-state index in [-0.39, 0.29) is 12.4 Å². The quantitative estimate of drug-likeness (QED) is 0.890. The van der Waals surface area contributed by atoms with Crippen molar-refractivity contribution in [3.8, 4) is 0 Å². The lowest BCUT2D eigenvalue weighted by molar-refractivity contribution is 0.248. The Bertz CT molecular complexity index is 379. The maximum atomic E-state index is 4.50. The van der Waals surface area contributed by atoms with Crippen molar-refractivity contribution in [1.82, 2.24) is 15.2 Å². The highest BCUT2D eigenvalue weighted by molar-refractivity contribution is 5.85. The molecule has 0 aliphatic carbocycles. The van der Waals surface area contributed by atoms with Crippen molar-refractivity contribution in [1.29, 1.82) is 0 Å². The Kier molecular flexibility index (Phi) is 4.60. The molecule has 100 valence electrons. The molecule has 3 nitrogen and oxygen atoms in total. The molecule has 3 heterocycles. The standard InChI is InChI=1S/C14H21N3.ClH/c1-11-2-3-13(15-8-11)9-17-7-6-12-4-5-14(10-17)16-12;/h2-3,8,12,14,16H,4-7,9-10H2,1H3;1H. The molecular formula is C14H22ClN3. The second-order valence-electron chi connectivity index (χ2n) is 5.49. The molecule has 18 heavy (non-hydrogen) atoms. The van der Waals surface area contributed by atoms with Gasteiger partial charge in [0.1, 0.15) is 0 Å². The van der Waals surface area contributed by atoms with Gasteiger partial charge >= 0.3 is 0 Å². The first-order valence-corrected chi connectivity index (χ1v) is 6.69. The summed E-state index contributed by atoms with van der Waals surface area (Å²) >= 11 is 0. The first kappa shape index (κ1) is 13.8. The molecule has 0 radical (unpaired) electrons. The number of rotatable bonds is 2. The fraction of sp³-hybridized carbons (Fsp3) is 0.643. The fourth-order valence-corrected chi connectivity index (χ4v) is 2.98. The lowest BCUT2D eigenvalue weighted by atomic mass is 10.1. The Morgan fingerprint density at radius 2 is 2.11 bits per heavy atom. The Balaban J connectivity index is 0.00000120. The molecule has 0 amide bonds. The van der Waals surface area contributed by atoms with Gasteiger partial charge in [0.05, 0.1) is 5.69 Å². The zero-order valence-corrected chi connectivity index (χ0v) is 11.7. The van der Waals surface area contributed by atoms with Crippen LogP contribution in [0.2, 0.25) is 0 Å². The number of nitrogens with one attached hydrogen (secondary N) is 1. The zero-order valence-electron chi connectivity index (χ0n) is 10.9.